The van der Waals surface area contributed by atoms with E-state index < -0.39 is 36.2 Å². The molecule has 8 heteroatoms. The molecule has 0 aliphatic carbocycles. The molecule has 0 aliphatic rings. The van der Waals surface area contributed by atoms with E-state index in [1.54, 1.807) is 12.1 Å². The lowest BCUT2D eigenvalue weighted by Crippen LogP contribution is -2.31. The van der Waals surface area contributed by atoms with Gasteiger partial charge < -0.3 is 10.1 Å². The Morgan fingerprint density at radius 2 is 1.74 bits per heavy atom. The highest BCUT2D eigenvalue weighted by molar-refractivity contribution is 7.99. The zero-order chi connectivity index (χ0) is 19.8. The van der Waals surface area contributed by atoms with Gasteiger partial charge >= 0.3 is 5.97 Å². The molecule has 0 radical (unpaired) electrons. The van der Waals surface area contributed by atoms with Gasteiger partial charge in [-0.05, 0) is 37.3 Å². The Bertz CT molecular complexity index is 799. The van der Waals surface area contributed by atoms with E-state index in [1.807, 2.05) is 0 Å². The summed E-state index contributed by atoms with van der Waals surface area (Å²) in [6.45, 7) is 1.04. The van der Waals surface area contributed by atoms with Gasteiger partial charge in [0.25, 0.3) is 5.91 Å². The number of ether oxygens (including phenoxy) is 1. The van der Waals surface area contributed by atoms with Gasteiger partial charge in [-0.15, -0.1) is 11.8 Å². The van der Waals surface area contributed by atoms with E-state index >= 15 is 0 Å². The molecule has 2 aromatic rings. The number of esters is 1. The number of benzene rings is 2. The van der Waals surface area contributed by atoms with Crippen molar-refractivity contribution in [1.29, 1.82) is 0 Å². The molecule has 0 fully saturated rings. The standard InChI is InChI=1S/C19H18F3NO3S/c1-12(16-7-4-14(21)10-17(16)22)23-18(24)11-26-19(25)8-9-27-15-5-2-13(20)3-6-15/h2-7,10,12H,8-9,11H2,1H3,(H,23,24)/t12-/m1/s1. The molecule has 2 aromatic carbocycles. The quantitative estimate of drug-likeness (QED) is 0.540. The zero-order valence-corrected chi connectivity index (χ0v) is 15.3. The molecule has 0 unspecified atom stereocenters. The van der Waals surface area contributed by atoms with Crippen LogP contribution in [0.2, 0.25) is 0 Å². The van der Waals surface area contributed by atoms with Gasteiger partial charge in [-0.1, -0.05) is 6.07 Å². The van der Waals surface area contributed by atoms with E-state index in [0.717, 1.165) is 17.0 Å². The summed E-state index contributed by atoms with van der Waals surface area (Å²) in [4.78, 5) is 24.3. The topological polar surface area (TPSA) is 55.4 Å². The Morgan fingerprint density at radius 3 is 2.41 bits per heavy atom. The lowest BCUT2D eigenvalue weighted by Gasteiger charge is -2.15. The van der Waals surface area contributed by atoms with Crippen LogP contribution in [0.5, 0.6) is 0 Å². The van der Waals surface area contributed by atoms with Crippen LogP contribution in [-0.4, -0.2) is 24.2 Å². The van der Waals surface area contributed by atoms with E-state index in [0.29, 0.717) is 5.75 Å². The fourth-order valence-corrected chi connectivity index (χ4v) is 3.05. The van der Waals surface area contributed by atoms with Crippen molar-refractivity contribution in [3.63, 3.8) is 0 Å². The monoisotopic (exact) mass is 397 g/mol. The largest absolute Gasteiger partial charge is 0.456 e. The van der Waals surface area contributed by atoms with E-state index in [2.05, 4.69) is 5.32 Å². The van der Waals surface area contributed by atoms with Crippen LogP contribution < -0.4 is 5.32 Å². The summed E-state index contributed by atoms with van der Waals surface area (Å²) < 4.78 is 44.2. The molecule has 1 N–H and O–H groups in total. The van der Waals surface area contributed by atoms with Gasteiger partial charge in [-0.2, -0.15) is 0 Å². The van der Waals surface area contributed by atoms with Gasteiger partial charge in [-0.25, -0.2) is 13.2 Å². The molecule has 0 saturated heterocycles. The normalized spacial score (nSPS) is 11.7. The molecule has 0 aliphatic heterocycles. The number of nitrogens with one attached hydrogen (secondary N) is 1. The Kier molecular flexibility index (Phi) is 7.72. The molecule has 0 aromatic heterocycles. The number of amides is 1. The Hall–Kier alpha value is -2.48. The van der Waals surface area contributed by atoms with Crippen LogP contribution in [-0.2, 0) is 14.3 Å². The van der Waals surface area contributed by atoms with E-state index in [9.17, 15) is 22.8 Å². The third-order valence-electron chi connectivity index (χ3n) is 3.56. The maximum atomic E-state index is 13.7. The Balaban J connectivity index is 1.69. The second kappa shape index (κ2) is 10.0. The Labute approximate surface area is 159 Å². The molecule has 1 atom stereocenters. The van der Waals surface area contributed by atoms with Crippen molar-refractivity contribution in [3.05, 3.63) is 65.5 Å². The molecule has 144 valence electrons. The van der Waals surface area contributed by atoms with E-state index in [-0.39, 0.29) is 17.8 Å². The van der Waals surface area contributed by atoms with Crippen molar-refractivity contribution >= 4 is 23.6 Å². The highest BCUT2D eigenvalue weighted by Gasteiger charge is 2.15. The third-order valence-corrected chi connectivity index (χ3v) is 4.57. The fourth-order valence-electron chi connectivity index (χ4n) is 2.21. The molecule has 0 spiro atoms. The maximum absolute atomic E-state index is 13.7. The minimum Gasteiger partial charge on any atom is -0.456 e. The number of halogens is 3. The average molecular weight is 397 g/mol. The SMILES string of the molecule is C[C@@H](NC(=O)COC(=O)CCSc1ccc(F)cc1)c1ccc(F)cc1F. The van der Waals surface area contributed by atoms with Gasteiger partial charge in [0.05, 0.1) is 12.5 Å². The number of rotatable bonds is 8. The summed E-state index contributed by atoms with van der Waals surface area (Å²) >= 11 is 1.36. The minimum absolute atomic E-state index is 0.0808. The van der Waals surface area contributed by atoms with Crippen LogP contribution in [0.3, 0.4) is 0 Å². The lowest BCUT2D eigenvalue weighted by atomic mass is 10.1. The van der Waals surface area contributed by atoms with Gasteiger partial charge in [0, 0.05) is 22.3 Å². The number of carbonyl (C=O) groups excluding carboxylic acids is 2. The molecule has 0 saturated carbocycles. The summed E-state index contributed by atoms with van der Waals surface area (Å²) in [6, 6.07) is 8.24. The molecule has 0 bridgehead atoms. The molecule has 1 amide bonds. The van der Waals surface area contributed by atoms with Crippen molar-refractivity contribution in [2.75, 3.05) is 12.4 Å². The zero-order valence-electron chi connectivity index (χ0n) is 14.5. The summed E-state index contributed by atoms with van der Waals surface area (Å²) in [7, 11) is 0. The fraction of sp³-hybridized carbons (Fsp3) is 0.263. The van der Waals surface area contributed by atoms with Crippen LogP contribution in [0.4, 0.5) is 13.2 Å². The summed E-state index contributed by atoms with van der Waals surface area (Å²) in [5.74, 6) is -2.53. The predicted molar refractivity (Wildman–Crippen MR) is 95.6 cm³/mol. The first-order valence-corrected chi connectivity index (χ1v) is 9.12. The summed E-state index contributed by atoms with van der Waals surface area (Å²) in [5.41, 5.74) is 0.131. The molecule has 2 rings (SSSR count). The van der Waals surface area contributed by atoms with Crippen molar-refractivity contribution in [2.24, 2.45) is 0 Å². The minimum atomic E-state index is -0.766. The molecule has 4 nitrogen and oxygen atoms in total. The van der Waals surface area contributed by atoms with E-state index in [4.69, 9.17) is 4.74 Å². The first-order chi connectivity index (χ1) is 12.8. The van der Waals surface area contributed by atoms with Crippen molar-refractivity contribution < 1.29 is 27.5 Å². The van der Waals surface area contributed by atoms with Crippen LogP contribution in [0.25, 0.3) is 0 Å². The molecule has 27 heavy (non-hydrogen) atoms. The first-order valence-electron chi connectivity index (χ1n) is 8.13. The van der Waals surface area contributed by atoms with Gasteiger partial charge in [0.1, 0.15) is 17.5 Å². The van der Waals surface area contributed by atoms with Crippen molar-refractivity contribution in [2.45, 2.75) is 24.3 Å². The summed E-state index contributed by atoms with van der Waals surface area (Å²) in [5, 5.41) is 2.48. The van der Waals surface area contributed by atoms with Crippen molar-refractivity contribution in [3.8, 4) is 0 Å². The number of carbonyl (C=O) groups is 2. The summed E-state index contributed by atoms with van der Waals surface area (Å²) in [6.07, 6.45) is 0.0808. The predicted octanol–water partition coefficient (Wildman–Crippen LogP) is 4.01. The smallest absolute Gasteiger partial charge is 0.307 e. The molecule has 0 heterocycles. The second-order valence-corrected chi connectivity index (χ2v) is 6.84. The molecular weight excluding hydrogens is 379 g/mol. The average Bonchev–Trinajstić information content (AvgIpc) is 2.61. The van der Waals surface area contributed by atoms with Gasteiger partial charge in [-0.3, -0.25) is 9.59 Å². The van der Waals surface area contributed by atoms with E-state index in [1.165, 1.54) is 36.9 Å². The van der Waals surface area contributed by atoms with Crippen molar-refractivity contribution in [1.82, 2.24) is 5.32 Å². The highest BCUT2D eigenvalue weighted by atomic mass is 32.2. The number of hydrogen-bond donors (Lipinski definition) is 1. The third kappa shape index (κ3) is 6.97. The second-order valence-electron chi connectivity index (χ2n) is 5.67. The van der Waals surface area contributed by atoms with Crippen LogP contribution >= 0.6 is 11.8 Å². The Morgan fingerprint density at radius 1 is 1.07 bits per heavy atom. The van der Waals surface area contributed by atoms with Crippen LogP contribution in [0, 0.1) is 17.5 Å². The molecular formula is C19H18F3NO3S. The lowest BCUT2D eigenvalue weighted by molar-refractivity contribution is -0.148. The van der Waals surface area contributed by atoms with Gasteiger partial charge in [0.15, 0.2) is 6.61 Å². The van der Waals surface area contributed by atoms with Gasteiger partial charge in [0.2, 0.25) is 0 Å². The first kappa shape index (κ1) is 20.8. The number of thioether (sulfide) groups is 1. The maximum Gasteiger partial charge on any atom is 0.307 e. The highest BCUT2D eigenvalue weighted by Crippen LogP contribution is 2.19. The van der Waals surface area contributed by atoms with Crippen LogP contribution in [0.1, 0.15) is 24.9 Å². The number of hydrogen-bond acceptors (Lipinski definition) is 4. The van der Waals surface area contributed by atoms with Crippen LogP contribution in [0.15, 0.2) is 47.4 Å².